The molecule has 5 aromatic rings. The molecular weight excluding hydrogens is 470 g/mol. The van der Waals surface area contributed by atoms with E-state index in [1.54, 1.807) is 23.5 Å². The third-order valence-corrected chi connectivity index (χ3v) is 8.70. The molecule has 36 heavy (non-hydrogen) atoms. The molecule has 8 nitrogen and oxygen atoms in total. The summed E-state index contributed by atoms with van der Waals surface area (Å²) in [5.74, 6) is 0.907. The van der Waals surface area contributed by atoms with E-state index in [2.05, 4.69) is 47.0 Å². The molecule has 1 aliphatic heterocycles. The van der Waals surface area contributed by atoms with Crippen LogP contribution in [0.5, 0.6) is 0 Å². The fraction of sp³-hybridized carbons (Fsp3) is 0.333. The average molecular weight is 500 g/mol. The molecule has 2 N–H and O–H groups in total. The molecule has 3 aromatic heterocycles. The summed E-state index contributed by atoms with van der Waals surface area (Å²) >= 11 is 1.81. The zero-order valence-corrected chi connectivity index (χ0v) is 21.5. The van der Waals surface area contributed by atoms with E-state index >= 15 is 0 Å². The lowest BCUT2D eigenvalue weighted by Gasteiger charge is -2.27. The zero-order chi connectivity index (χ0) is 25.0. The number of piperidine rings is 1. The molecule has 1 atom stereocenters. The Hall–Kier alpha value is -3.56. The van der Waals surface area contributed by atoms with Crippen LogP contribution in [0.3, 0.4) is 0 Å². The van der Waals surface area contributed by atoms with Gasteiger partial charge in [0, 0.05) is 18.5 Å². The van der Waals surface area contributed by atoms with Gasteiger partial charge in [0.15, 0.2) is 0 Å². The number of thiazole rings is 1. The van der Waals surface area contributed by atoms with Crippen LogP contribution in [0.25, 0.3) is 26.8 Å². The summed E-state index contributed by atoms with van der Waals surface area (Å²) in [6.07, 6.45) is 5.70. The normalized spacial score (nSPS) is 16.2. The Kier molecular flexibility index (Phi) is 5.61. The first-order valence-corrected chi connectivity index (χ1v) is 13.1. The van der Waals surface area contributed by atoms with Crippen LogP contribution in [-0.4, -0.2) is 62.2 Å². The first-order valence-electron chi connectivity index (χ1n) is 12.3. The smallest absolute Gasteiger partial charge is 0.254 e. The number of aromatic nitrogens is 4. The van der Waals surface area contributed by atoms with Crippen LogP contribution >= 0.6 is 11.3 Å². The van der Waals surface area contributed by atoms with Crippen LogP contribution in [0.2, 0.25) is 0 Å². The number of nitrogens with two attached hydrogens (primary N) is 1. The standard InChI is InChI=1S/C27H29N7OS/c1-16(18-5-7-24-21(12-18)31-26(36-24)17-8-10-32(2)11-9-17)33(3)27(35)19-4-6-20-22(13-19)34-15-29-14-23(34)25(28)30-20/h4-7,12-17H,8-11H2,1-3H3,(H2,28,30). The second kappa shape index (κ2) is 8.83. The van der Waals surface area contributed by atoms with Crippen LogP contribution in [0.4, 0.5) is 5.82 Å². The van der Waals surface area contributed by atoms with Crippen LogP contribution in [-0.2, 0) is 0 Å². The van der Waals surface area contributed by atoms with Crippen molar-refractivity contribution in [1.29, 1.82) is 0 Å². The molecule has 1 aliphatic rings. The molecule has 1 unspecified atom stereocenters. The quantitative estimate of drug-likeness (QED) is 0.385. The molecule has 0 saturated carbocycles. The van der Waals surface area contributed by atoms with Gasteiger partial charge in [-0.25, -0.2) is 15.0 Å². The molecule has 184 valence electrons. The number of anilines is 1. The topological polar surface area (TPSA) is 92.7 Å². The van der Waals surface area contributed by atoms with Gasteiger partial charge < -0.3 is 15.5 Å². The Morgan fingerprint density at radius 2 is 1.92 bits per heavy atom. The van der Waals surface area contributed by atoms with Gasteiger partial charge in [-0.3, -0.25) is 9.20 Å². The molecule has 4 heterocycles. The lowest BCUT2D eigenvalue weighted by molar-refractivity contribution is 0.0743. The van der Waals surface area contributed by atoms with E-state index in [1.165, 1.54) is 9.71 Å². The van der Waals surface area contributed by atoms with Crippen molar-refractivity contribution in [2.24, 2.45) is 0 Å². The van der Waals surface area contributed by atoms with Gasteiger partial charge in [0.05, 0.1) is 44.8 Å². The molecule has 0 radical (unpaired) electrons. The van der Waals surface area contributed by atoms with Crippen LogP contribution in [0.1, 0.15) is 52.7 Å². The summed E-state index contributed by atoms with van der Waals surface area (Å²) in [5, 5.41) is 1.24. The van der Waals surface area contributed by atoms with Crippen LogP contribution in [0.15, 0.2) is 48.9 Å². The highest BCUT2D eigenvalue weighted by Gasteiger charge is 2.23. The SMILES string of the molecule is CC(c1ccc2sc(C3CCN(C)CC3)nc2c1)N(C)C(=O)c1ccc2nc(N)c3cncn3c2c1. The third-order valence-electron chi connectivity index (χ3n) is 7.50. The first kappa shape index (κ1) is 22.9. The number of hydrogen-bond acceptors (Lipinski definition) is 7. The van der Waals surface area contributed by atoms with Gasteiger partial charge in [0.1, 0.15) is 11.3 Å². The van der Waals surface area contributed by atoms with Crippen molar-refractivity contribution in [2.75, 3.05) is 32.9 Å². The number of hydrogen-bond donors (Lipinski definition) is 1. The number of carbonyl (C=O) groups is 1. The number of carbonyl (C=O) groups excluding carboxylic acids is 1. The summed E-state index contributed by atoms with van der Waals surface area (Å²) in [6.45, 7) is 4.31. The van der Waals surface area contributed by atoms with E-state index in [9.17, 15) is 4.79 Å². The van der Waals surface area contributed by atoms with E-state index in [0.29, 0.717) is 17.3 Å². The Labute approximate surface area is 213 Å². The zero-order valence-electron chi connectivity index (χ0n) is 20.7. The van der Waals surface area contributed by atoms with Gasteiger partial charge in [-0.2, -0.15) is 0 Å². The van der Waals surface area contributed by atoms with Gasteiger partial charge in [0.2, 0.25) is 0 Å². The van der Waals surface area contributed by atoms with Gasteiger partial charge in [-0.15, -0.1) is 11.3 Å². The predicted molar refractivity (Wildman–Crippen MR) is 145 cm³/mol. The Balaban J connectivity index is 1.26. The lowest BCUT2D eigenvalue weighted by atomic mass is 9.98. The highest BCUT2D eigenvalue weighted by molar-refractivity contribution is 7.18. The Bertz CT molecular complexity index is 1600. The molecule has 9 heteroatoms. The first-order chi connectivity index (χ1) is 17.4. The highest BCUT2D eigenvalue weighted by atomic mass is 32.1. The average Bonchev–Trinajstić information content (AvgIpc) is 3.55. The summed E-state index contributed by atoms with van der Waals surface area (Å²) < 4.78 is 3.08. The monoisotopic (exact) mass is 499 g/mol. The summed E-state index contributed by atoms with van der Waals surface area (Å²) in [6, 6.07) is 11.8. The maximum atomic E-state index is 13.5. The molecule has 0 spiro atoms. The number of nitrogens with zero attached hydrogens (tertiary/aromatic N) is 6. The largest absolute Gasteiger partial charge is 0.382 e. The second-order valence-corrected chi connectivity index (χ2v) is 10.9. The van der Waals surface area contributed by atoms with Crippen molar-refractivity contribution < 1.29 is 4.79 Å². The lowest BCUT2D eigenvalue weighted by Crippen LogP contribution is -2.29. The summed E-state index contributed by atoms with van der Waals surface area (Å²) in [4.78, 5) is 31.3. The van der Waals surface area contributed by atoms with E-state index in [-0.39, 0.29) is 11.9 Å². The van der Waals surface area contributed by atoms with Crippen molar-refractivity contribution in [2.45, 2.75) is 31.7 Å². The predicted octanol–water partition coefficient (Wildman–Crippen LogP) is 4.72. The van der Waals surface area contributed by atoms with Gasteiger partial charge in [0.25, 0.3) is 5.91 Å². The van der Waals surface area contributed by atoms with Gasteiger partial charge in [-0.1, -0.05) is 6.07 Å². The molecule has 0 bridgehead atoms. The maximum absolute atomic E-state index is 13.5. The third kappa shape index (κ3) is 3.88. The van der Waals surface area contributed by atoms with E-state index in [1.807, 2.05) is 34.9 Å². The number of likely N-dealkylation sites (tertiary alicyclic amines) is 1. The van der Waals surface area contributed by atoms with Crippen molar-refractivity contribution in [3.63, 3.8) is 0 Å². The fourth-order valence-corrected chi connectivity index (χ4v) is 6.18. The number of benzene rings is 2. The highest BCUT2D eigenvalue weighted by Crippen LogP contribution is 2.35. The number of amides is 1. The number of imidazole rings is 1. The second-order valence-electron chi connectivity index (χ2n) is 9.80. The maximum Gasteiger partial charge on any atom is 0.254 e. The molecule has 0 aliphatic carbocycles. The van der Waals surface area contributed by atoms with Crippen LogP contribution < -0.4 is 5.73 Å². The van der Waals surface area contributed by atoms with Gasteiger partial charge in [-0.05, 0) is 75.8 Å². The minimum atomic E-state index is -0.108. The van der Waals surface area contributed by atoms with Crippen molar-refractivity contribution in [3.8, 4) is 0 Å². The Morgan fingerprint density at radius 1 is 1.11 bits per heavy atom. The molecule has 6 rings (SSSR count). The minimum absolute atomic E-state index is 0.0557. The van der Waals surface area contributed by atoms with E-state index < -0.39 is 0 Å². The molecule has 1 fully saturated rings. The van der Waals surface area contributed by atoms with Gasteiger partial charge >= 0.3 is 0 Å². The Morgan fingerprint density at radius 3 is 2.72 bits per heavy atom. The molecular formula is C27H29N7OS. The van der Waals surface area contributed by atoms with Crippen LogP contribution in [0, 0.1) is 0 Å². The fourth-order valence-electron chi connectivity index (χ4n) is 5.06. The van der Waals surface area contributed by atoms with Crippen molar-refractivity contribution in [1.82, 2.24) is 29.2 Å². The van der Waals surface area contributed by atoms with E-state index in [0.717, 1.165) is 53.6 Å². The summed E-state index contributed by atoms with van der Waals surface area (Å²) in [5.41, 5.74) is 11.0. The molecule has 1 saturated heterocycles. The minimum Gasteiger partial charge on any atom is -0.382 e. The summed E-state index contributed by atoms with van der Waals surface area (Å²) in [7, 11) is 4.03. The van der Waals surface area contributed by atoms with Crippen molar-refractivity contribution >= 4 is 49.8 Å². The number of nitrogen functional groups attached to an aromatic ring is 1. The number of rotatable bonds is 4. The molecule has 2 aromatic carbocycles. The molecule has 1 amide bonds. The van der Waals surface area contributed by atoms with E-state index in [4.69, 9.17) is 10.7 Å². The van der Waals surface area contributed by atoms with Crippen molar-refractivity contribution in [3.05, 3.63) is 65.1 Å². The number of fused-ring (bicyclic) bond motifs is 4.